The van der Waals surface area contributed by atoms with Crippen LogP contribution in [-0.2, 0) is 6.61 Å². The van der Waals surface area contributed by atoms with Crippen LogP contribution in [0.15, 0.2) is 59.4 Å². The zero-order chi connectivity index (χ0) is 16.1. The summed E-state index contributed by atoms with van der Waals surface area (Å²) >= 11 is 7.57. The van der Waals surface area contributed by atoms with Crippen LogP contribution in [0.25, 0.3) is 0 Å². The van der Waals surface area contributed by atoms with Crippen molar-refractivity contribution < 1.29 is 9.53 Å². The van der Waals surface area contributed by atoms with Crippen molar-refractivity contribution in [1.82, 2.24) is 4.98 Å². The van der Waals surface area contributed by atoms with Crippen LogP contribution < -0.4 is 10.1 Å². The van der Waals surface area contributed by atoms with Crippen LogP contribution >= 0.6 is 22.9 Å². The molecular weight excluding hydrogens is 332 g/mol. The Bertz CT molecular complexity index is 806. The van der Waals surface area contributed by atoms with Gasteiger partial charge in [-0.05, 0) is 30.3 Å². The second kappa shape index (κ2) is 7.26. The van der Waals surface area contributed by atoms with Crippen LogP contribution in [-0.4, -0.2) is 10.9 Å². The van der Waals surface area contributed by atoms with Crippen LogP contribution in [0.5, 0.6) is 5.75 Å². The number of ether oxygens (including phenoxy) is 1. The fraction of sp³-hybridized carbons (Fsp3) is 0.0588. The SMILES string of the molecule is O=C(Nc1ccccc1Cl)c1cccc(OCc2cscn2)c1. The molecule has 1 amide bonds. The Hall–Kier alpha value is -2.37. The van der Waals surface area contributed by atoms with E-state index >= 15 is 0 Å². The molecule has 0 saturated carbocycles. The quantitative estimate of drug-likeness (QED) is 0.734. The van der Waals surface area contributed by atoms with Gasteiger partial charge >= 0.3 is 0 Å². The Kier molecular flexibility index (Phi) is 4.90. The van der Waals surface area contributed by atoms with Crippen molar-refractivity contribution in [1.29, 1.82) is 0 Å². The molecule has 1 aromatic heterocycles. The number of para-hydroxylation sites is 1. The molecule has 0 fully saturated rings. The van der Waals surface area contributed by atoms with Crippen molar-refractivity contribution in [3.05, 3.63) is 75.7 Å². The highest BCUT2D eigenvalue weighted by Crippen LogP contribution is 2.22. The lowest BCUT2D eigenvalue weighted by Gasteiger charge is -2.09. The summed E-state index contributed by atoms with van der Waals surface area (Å²) in [5, 5.41) is 5.21. The number of amides is 1. The van der Waals surface area contributed by atoms with Gasteiger partial charge in [0.2, 0.25) is 0 Å². The van der Waals surface area contributed by atoms with Gasteiger partial charge in [0.15, 0.2) is 0 Å². The fourth-order valence-electron chi connectivity index (χ4n) is 1.95. The van der Waals surface area contributed by atoms with Crippen molar-refractivity contribution in [2.45, 2.75) is 6.61 Å². The van der Waals surface area contributed by atoms with Gasteiger partial charge in [0.25, 0.3) is 5.91 Å². The molecule has 0 spiro atoms. The Labute approximate surface area is 142 Å². The van der Waals surface area contributed by atoms with Crippen molar-refractivity contribution in [3.8, 4) is 5.75 Å². The third-order valence-electron chi connectivity index (χ3n) is 3.09. The van der Waals surface area contributed by atoms with Crippen LogP contribution in [0.3, 0.4) is 0 Å². The molecule has 3 rings (SSSR count). The van der Waals surface area contributed by atoms with Gasteiger partial charge in [0.05, 0.1) is 21.9 Å². The molecule has 0 aliphatic heterocycles. The van der Waals surface area contributed by atoms with Gasteiger partial charge in [-0.1, -0.05) is 29.8 Å². The van der Waals surface area contributed by atoms with Crippen molar-refractivity contribution >= 4 is 34.5 Å². The van der Waals surface area contributed by atoms with E-state index in [0.717, 1.165) is 5.69 Å². The first-order valence-electron chi connectivity index (χ1n) is 6.88. The lowest BCUT2D eigenvalue weighted by molar-refractivity contribution is 0.102. The monoisotopic (exact) mass is 344 g/mol. The predicted octanol–water partition coefficient (Wildman–Crippen LogP) is 4.63. The van der Waals surface area contributed by atoms with E-state index in [1.54, 1.807) is 41.9 Å². The zero-order valence-electron chi connectivity index (χ0n) is 12.0. The molecule has 116 valence electrons. The van der Waals surface area contributed by atoms with Gasteiger partial charge < -0.3 is 10.1 Å². The highest BCUT2D eigenvalue weighted by molar-refractivity contribution is 7.07. The number of hydrogen-bond donors (Lipinski definition) is 1. The number of thiazole rings is 1. The molecule has 0 atom stereocenters. The molecule has 0 aliphatic rings. The van der Waals surface area contributed by atoms with Gasteiger partial charge in [-0.15, -0.1) is 11.3 Å². The van der Waals surface area contributed by atoms with Gasteiger partial charge in [-0.2, -0.15) is 0 Å². The van der Waals surface area contributed by atoms with Crippen LogP contribution in [0.2, 0.25) is 5.02 Å². The molecular formula is C17H13ClN2O2S. The molecule has 3 aromatic rings. The molecule has 0 radical (unpaired) electrons. The summed E-state index contributed by atoms with van der Waals surface area (Å²) in [4.78, 5) is 16.5. The number of rotatable bonds is 5. The van der Waals surface area contributed by atoms with Gasteiger partial charge in [-0.25, -0.2) is 4.98 Å². The summed E-state index contributed by atoms with van der Waals surface area (Å²) in [7, 11) is 0. The number of carbonyl (C=O) groups excluding carboxylic acids is 1. The van der Waals surface area contributed by atoms with E-state index in [-0.39, 0.29) is 5.91 Å². The maximum atomic E-state index is 12.3. The molecule has 1 heterocycles. The minimum atomic E-state index is -0.239. The molecule has 1 N–H and O–H groups in total. The van der Waals surface area contributed by atoms with Crippen LogP contribution in [0.4, 0.5) is 5.69 Å². The van der Waals surface area contributed by atoms with E-state index < -0.39 is 0 Å². The number of benzene rings is 2. The number of nitrogens with one attached hydrogen (secondary N) is 1. The second-order valence-electron chi connectivity index (χ2n) is 4.73. The molecule has 4 nitrogen and oxygen atoms in total. The Balaban J connectivity index is 1.69. The average Bonchev–Trinajstić information content (AvgIpc) is 3.09. The van der Waals surface area contributed by atoms with E-state index in [0.29, 0.717) is 28.6 Å². The molecule has 0 saturated heterocycles. The largest absolute Gasteiger partial charge is 0.487 e. The number of nitrogens with zero attached hydrogens (tertiary/aromatic N) is 1. The minimum absolute atomic E-state index is 0.239. The first-order valence-corrected chi connectivity index (χ1v) is 8.20. The lowest BCUT2D eigenvalue weighted by Crippen LogP contribution is -2.12. The summed E-state index contributed by atoms with van der Waals surface area (Å²) in [5.41, 5.74) is 3.70. The fourth-order valence-corrected chi connectivity index (χ4v) is 2.68. The van der Waals surface area contributed by atoms with E-state index in [2.05, 4.69) is 10.3 Å². The molecule has 0 aliphatic carbocycles. The smallest absolute Gasteiger partial charge is 0.255 e. The first kappa shape index (κ1) is 15.5. The third kappa shape index (κ3) is 4.09. The second-order valence-corrected chi connectivity index (χ2v) is 5.86. The third-order valence-corrected chi connectivity index (χ3v) is 4.05. The summed E-state index contributed by atoms with van der Waals surface area (Å²) < 4.78 is 5.65. The van der Waals surface area contributed by atoms with Crippen LogP contribution in [0, 0.1) is 0 Å². The maximum absolute atomic E-state index is 12.3. The van der Waals surface area contributed by atoms with Gasteiger partial charge in [0.1, 0.15) is 12.4 Å². The molecule has 2 aromatic carbocycles. The summed E-state index contributed by atoms with van der Waals surface area (Å²) in [5.74, 6) is 0.377. The first-order chi connectivity index (χ1) is 11.2. The summed E-state index contributed by atoms with van der Waals surface area (Å²) in [6, 6.07) is 14.1. The molecule has 0 unspecified atom stereocenters. The van der Waals surface area contributed by atoms with Crippen molar-refractivity contribution in [2.24, 2.45) is 0 Å². The molecule has 0 bridgehead atoms. The topological polar surface area (TPSA) is 51.2 Å². The van der Waals surface area contributed by atoms with E-state index in [1.807, 2.05) is 17.5 Å². The average molecular weight is 345 g/mol. The zero-order valence-corrected chi connectivity index (χ0v) is 13.6. The molecule has 23 heavy (non-hydrogen) atoms. The number of halogens is 1. The van der Waals surface area contributed by atoms with Crippen LogP contribution in [0.1, 0.15) is 16.1 Å². The predicted molar refractivity (Wildman–Crippen MR) is 92.3 cm³/mol. The molecule has 6 heteroatoms. The summed E-state index contributed by atoms with van der Waals surface area (Å²) in [6.45, 7) is 0.374. The lowest BCUT2D eigenvalue weighted by atomic mass is 10.2. The maximum Gasteiger partial charge on any atom is 0.255 e. The van der Waals surface area contributed by atoms with E-state index in [4.69, 9.17) is 16.3 Å². The van der Waals surface area contributed by atoms with Gasteiger partial charge in [0, 0.05) is 10.9 Å². The highest BCUT2D eigenvalue weighted by atomic mass is 35.5. The number of carbonyl (C=O) groups is 1. The Morgan fingerprint density at radius 1 is 1.22 bits per heavy atom. The normalized spacial score (nSPS) is 10.3. The number of hydrogen-bond acceptors (Lipinski definition) is 4. The standard InChI is InChI=1S/C17H13ClN2O2S/c18-15-6-1-2-7-16(15)20-17(21)12-4-3-5-14(8-12)22-9-13-10-23-11-19-13/h1-8,10-11H,9H2,(H,20,21). The summed E-state index contributed by atoms with van der Waals surface area (Å²) in [6.07, 6.45) is 0. The Morgan fingerprint density at radius 2 is 2.09 bits per heavy atom. The van der Waals surface area contributed by atoms with Gasteiger partial charge in [-0.3, -0.25) is 4.79 Å². The van der Waals surface area contributed by atoms with Crippen molar-refractivity contribution in [3.63, 3.8) is 0 Å². The number of anilines is 1. The number of aromatic nitrogens is 1. The van der Waals surface area contributed by atoms with E-state index in [9.17, 15) is 4.79 Å². The van der Waals surface area contributed by atoms with E-state index in [1.165, 1.54) is 11.3 Å². The van der Waals surface area contributed by atoms with Crippen molar-refractivity contribution in [2.75, 3.05) is 5.32 Å². The highest BCUT2D eigenvalue weighted by Gasteiger charge is 2.09. The Morgan fingerprint density at radius 3 is 2.87 bits per heavy atom. The minimum Gasteiger partial charge on any atom is -0.487 e.